The Kier molecular flexibility index (Phi) is 6.72. The van der Waals surface area contributed by atoms with E-state index in [2.05, 4.69) is 10.6 Å². The summed E-state index contributed by atoms with van der Waals surface area (Å²) < 4.78 is 26.5. The average Bonchev–Trinajstić information content (AvgIpc) is 2.65. The van der Waals surface area contributed by atoms with Crippen LogP contribution in [0.25, 0.3) is 0 Å². The third-order valence-electron chi connectivity index (χ3n) is 4.12. The molecule has 8 heteroatoms. The lowest BCUT2D eigenvalue weighted by Crippen LogP contribution is -2.43. The van der Waals surface area contributed by atoms with Crippen LogP contribution in [0, 0.1) is 5.92 Å². The predicted octanol–water partition coefficient (Wildman–Crippen LogP) is 0.506. The van der Waals surface area contributed by atoms with Crippen LogP contribution >= 0.6 is 0 Å². The lowest BCUT2D eigenvalue weighted by Gasteiger charge is -2.30. The molecular weight excluding hydrogens is 342 g/mol. The molecule has 0 aromatic heterocycles. The third kappa shape index (κ3) is 5.14. The van der Waals surface area contributed by atoms with E-state index < -0.39 is 10.0 Å². The van der Waals surface area contributed by atoms with Gasteiger partial charge in [0, 0.05) is 38.7 Å². The number of nitrogens with zero attached hydrogens (tertiary/aromatic N) is 1. The molecule has 2 amide bonds. The molecule has 2 N–H and O–H groups in total. The molecule has 0 aliphatic carbocycles. The first-order valence-corrected chi connectivity index (χ1v) is 9.60. The first kappa shape index (κ1) is 19.1. The Morgan fingerprint density at radius 1 is 1.20 bits per heavy atom. The van der Waals surface area contributed by atoms with E-state index in [9.17, 15) is 18.0 Å². The van der Waals surface area contributed by atoms with Gasteiger partial charge in [-0.1, -0.05) is 24.3 Å². The molecule has 25 heavy (non-hydrogen) atoms. The summed E-state index contributed by atoms with van der Waals surface area (Å²) in [5.41, 5.74) is 0. The molecule has 1 aromatic carbocycles. The van der Waals surface area contributed by atoms with Crippen LogP contribution in [0.2, 0.25) is 0 Å². The van der Waals surface area contributed by atoms with Crippen molar-refractivity contribution in [2.45, 2.75) is 17.7 Å². The van der Waals surface area contributed by atoms with Gasteiger partial charge in [-0.25, -0.2) is 8.42 Å². The van der Waals surface area contributed by atoms with Gasteiger partial charge in [-0.15, -0.1) is 0 Å². The molecule has 0 saturated carbocycles. The van der Waals surface area contributed by atoms with Gasteiger partial charge < -0.3 is 10.6 Å². The van der Waals surface area contributed by atoms with Gasteiger partial charge in [0.2, 0.25) is 21.8 Å². The molecule has 1 aromatic rings. The van der Waals surface area contributed by atoms with Gasteiger partial charge in [0.25, 0.3) is 0 Å². The number of hydrogen-bond acceptors (Lipinski definition) is 4. The summed E-state index contributed by atoms with van der Waals surface area (Å²) in [6.45, 7) is 0.918. The van der Waals surface area contributed by atoms with Gasteiger partial charge >= 0.3 is 0 Å². The standard InChI is InChI=1S/C17H23N3O4S/c1-18-16(21)8-5-11-19-17(22)14-9-12-20(13-10-14)25(23,24)15-6-3-2-4-7-15/h2-8,14H,9-13H2,1H3,(H,18,21)(H,19,22)/b8-5+. The van der Waals surface area contributed by atoms with Gasteiger partial charge in [0.15, 0.2) is 0 Å². The Bertz CT molecular complexity index is 724. The number of hydrogen-bond donors (Lipinski definition) is 2. The van der Waals surface area contributed by atoms with Crippen molar-refractivity contribution in [3.8, 4) is 0 Å². The molecule has 1 fully saturated rings. The summed E-state index contributed by atoms with van der Waals surface area (Å²) in [5.74, 6) is -0.553. The monoisotopic (exact) mass is 365 g/mol. The number of nitrogens with one attached hydrogen (secondary N) is 2. The molecule has 1 saturated heterocycles. The number of sulfonamides is 1. The number of piperidine rings is 1. The minimum atomic E-state index is -3.50. The van der Waals surface area contributed by atoms with E-state index in [0.29, 0.717) is 25.9 Å². The van der Waals surface area contributed by atoms with Crippen molar-refractivity contribution in [1.29, 1.82) is 0 Å². The Balaban J connectivity index is 1.84. The molecule has 0 radical (unpaired) electrons. The van der Waals surface area contributed by atoms with Crippen LogP contribution in [-0.2, 0) is 19.6 Å². The van der Waals surface area contributed by atoms with Crippen LogP contribution in [-0.4, -0.2) is 51.2 Å². The van der Waals surface area contributed by atoms with Crippen molar-refractivity contribution in [1.82, 2.24) is 14.9 Å². The lowest BCUT2D eigenvalue weighted by atomic mass is 9.97. The first-order valence-electron chi connectivity index (χ1n) is 8.16. The fourth-order valence-corrected chi connectivity index (χ4v) is 4.14. The largest absolute Gasteiger partial charge is 0.356 e. The Morgan fingerprint density at radius 2 is 1.84 bits per heavy atom. The lowest BCUT2D eigenvalue weighted by molar-refractivity contribution is -0.126. The van der Waals surface area contributed by atoms with Gasteiger partial charge in [0.05, 0.1) is 4.90 Å². The van der Waals surface area contributed by atoms with Crippen LogP contribution in [0.5, 0.6) is 0 Å². The van der Waals surface area contributed by atoms with E-state index >= 15 is 0 Å². The van der Waals surface area contributed by atoms with Crippen molar-refractivity contribution >= 4 is 21.8 Å². The number of carbonyl (C=O) groups is 2. The van der Waals surface area contributed by atoms with E-state index in [1.165, 1.54) is 17.4 Å². The van der Waals surface area contributed by atoms with Crippen LogP contribution in [0.3, 0.4) is 0 Å². The molecule has 7 nitrogen and oxygen atoms in total. The molecular formula is C17H23N3O4S. The number of carbonyl (C=O) groups excluding carboxylic acids is 2. The molecule has 0 unspecified atom stereocenters. The van der Waals surface area contributed by atoms with Gasteiger partial charge in [-0.3, -0.25) is 9.59 Å². The number of likely N-dealkylation sites (N-methyl/N-ethyl adjacent to an activating group) is 1. The normalized spacial score (nSPS) is 16.7. The van der Waals surface area contributed by atoms with Gasteiger partial charge in [0.1, 0.15) is 0 Å². The highest BCUT2D eigenvalue weighted by atomic mass is 32.2. The highest BCUT2D eigenvalue weighted by Crippen LogP contribution is 2.23. The maximum Gasteiger partial charge on any atom is 0.243 e. The minimum Gasteiger partial charge on any atom is -0.356 e. The molecule has 0 spiro atoms. The maximum atomic E-state index is 12.5. The van der Waals surface area contributed by atoms with E-state index in [4.69, 9.17) is 0 Å². The Labute approximate surface area is 148 Å². The molecule has 1 heterocycles. The van der Waals surface area contributed by atoms with Crippen LogP contribution in [0.4, 0.5) is 0 Å². The van der Waals surface area contributed by atoms with Crippen molar-refractivity contribution in [2.75, 3.05) is 26.7 Å². The van der Waals surface area contributed by atoms with E-state index in [0.717, 1.165) is 0 Å². The van der Waals surface area contributed by atoms with Crippen molar-refractivity contribution in [3.05, 3.63) is 42.5 Å². The quantitative estimate of drug-likeness (QED) is 0.718. The Hall–Kier alpha value is -2.19. The minimum absolute atomic E-state index is 0.113. The molecule has 1 aliphatic rings. The third-order valence-corrected chi connectivity index (χ3v) is 6.03. The second-order valence-electron chi connectivity index (χ2n) is 5.75. The van der Waals surface area contributed by atoms with Gasteiger partial charge in [-0.2, -0.15) is 4.31 Å². The highest BCUT2D eigenvalue weighted by molar-refractivity contribution is 7.89. The number of amides is 2. The molecule has 136 valence electrons. The van der Waals surface area contributed by atoms with E-state index in [-0.39, 0.29) is 29.2 Å². The molecule has 1 aliphatic heterocycles. The summed E-state index contributed by atoms with van der Waals surface area (Å²) >= 11 is 0. The molecule has 0 bridgehead atoms. The molecule has 2 rings (SSSR count). The predicted molar refractivity (Wildman–Crippen MR) is 94.1 cm³/mol. The summed E-state index contributed by atoms with van der Waals surface area (Å²) in [5, 5.41) is 5.19. The summed E-state index contributed by atoms with van der Waals surface area (Å²) in [7, 11) is -1.97. The van der Waals surface area contributed by atoms with Crippen LogP contribution in [0.1, 0.15) is 12.8 Å². The number of benzene rings is 1. The second-order valence-corrected chi connectivity index (χ2v) is 7.69. The number of rotatable bonds is 6. The van der Waals surface area contributed by atoms with E-state index in [1.54, 1.807) is 36.4 Å². The summed E-state index contributed by atoms with van der Waals surface area (Å²) in [6.07, 6.45) is 3.90. The van der Waals surface area contributed by atoms with E-state index in [1.807, 2.05) is 0 Å². The zero-order chi connectivity index (χ0) is 18.3. The van der Waals surface area contributed by atoms with Crippen LogP contribution in [0.15, 0.2) is 47.4 Å². The smallest absolute Gasteiger partial charge is 0.243 e. The SMILES string of the molecule is CNC(=O)/C=C/CNC(=O)C1CCN(S(=O)(=O)c2ccccc2)CC1. The van der Waals surface area contributed by atoms with Crippen molar-refractivity contribution in [3.63, 3.8) is 0 Å². The summed E-state index contributed by atoms with van der Waals surface area (Å²) in [4.78, 5) is 23.4. The fraction of sp³-hybridized carbons (Fsp3) is 0.412. The van der Waals surface area contributed by atoms with Crippen molar-refractivity contribution in [2.24, 2.45) is 5.92 Å². The highest BCUT2D eigenvalue weighted by Gasteiger charge is 2.31. The second kappa shape index (κ2) is 8.77. The topological polar surface area (TPSA) is 95.6 Å². The van der Waals surface area contributed by atoms with Crippen molar-refractivity contribution < 1.29 is 18.0 Å². The molecule has 0 atom stereocenters. The zero-order valence-corrected chi connectivity index (χ0v) is 15.0. The summed E-state index contributed by atoms with van der Waals surface area (Å²) in [6, 6.07) is 8.31. The van der Waals surface area contributed by atoms with Gasteiger partial charge in [-0.05, 0) is 25.0 Å². The Morgan fingerprint density at radius 3 is 2.44 bits per heavy atom. The van der Waals surface area contributed by atoms with Crippen LogP contribution < -0.4 is 10.6 Å². The fourth-order valence-electron chi connectivity index (χ4n) is 2.65. The zero-order valence-electron chi connectivity index (χ0n) is 14.1. The maximum absolute atomic E-state index is 12.5. The average molecular weight is 365 g/mol. The first-order chi connectivity index (χ1) is 11.9.